The van der Waals surface area contributed by atoms with Crippen LogP contribution in [0.2, 0.25) is 0 Å². The third-order valence-corrected chi connectivity index (χ3v) is 2.16. The molecule has 0 aromatic heterocycles. The van der Waals surface area contributed by atoms with Crippen LogP contribution in [0.5, 0.6) is 0 Å². The highest BCUT2D eigenvalue weighted by Crippen LogP contribution is 2.08. The zero-order valence-corrected chi connectivity index (χ0v) is 8.01. The maximum Gasteiger partial charge on any atom is 0.135 e. The molecule has 2 heteroatoms. The van der Waals surface area contributed by atoms with E-state index in [1.165, 1.54) is 0 Å². The molecule has 1 atom stereocenters. The molecule has 0 heterocycles. The Morgan fingerprint density at radius 3 is 2.58 bits per heavy atom. The molecule has 0 aliphatic heterocycles. The fourth-order valence-corrected chi connectivity index (χ4v) is 1.00. The summed E-state index contributed by atoms with van der Waals surface area (Å²) in [6, 6.07) is 0. The second-order valence-corrected chi connectivity index (χ2v) is 3.19. The predicted molar refractivity (Wildman–Crippen MR) is 49.0 cm³/mol. The molecule has 0 saturated carbocycles. The van der Waals surface area contributed by atoms with Gasteiger partial charge >= 0.3 is 0 Å². The number of aldehydes is 1. The first-order chi connectivity index (χ1) is 5.72. The van der Waals surface area contributed by atoms with Gasteiger partial charge in [-0.1, -0.05) is 13.8 Å². The predicted octanol–water partition coefficient (Wildman–Crippen LogP) is 2.36. The molecule has 0 aliphatic rings. The molecule has 2 nitrogen and oxygen atoms in total. The molecule has 0 N–H and O–H groups in total. The minimum atomic E-state index is 0.196. The topological polar surface area (TPSA) is 34.1 Å². The Hall–Kier alpha value is -0.660. The van der Waals surface area contributed by atoms with Gasteiger partial charge in [-0.05, 0) is 19.3 Å². The molecule has 70 valence electrons. The molecule has 12 heavy (non-hydrogen) atoms. The van der Waals surface area contributed by atoms with Crippen LogP contribution in [0.4, 0.5) is 0 Å². The summed E-state index contributed by atoms with van der Waals surface area (Å²) in [6.45, 7) is 3.98. The van der Waals surface area contributed by atoms with Crippen molar-refractivity contribution in [1.82, 2.24) is 0 Å². The van der Waals surface area contributed by atoms with E-state index in [0.717, 1.165) is 25.5 Å². The first-order valence-corrected chi connectivity index (χ1v) is 4.68. The summed E-state index contributed by atoms with van der Waals surface area (Å²) in [5.74, 6) is 0.532. The Bertz CT molecular complexity index is 141. The van der Waals surface area contributed by atoms with Crippen LogP contribution in [0.1, 0.15) is 46.0 Å². The summed E-state index contributed by atoms with van der Waals surface area (Å²) in [7, 11) is 0. The molecule has 0 radical (unpaired) electrons. The van der Waals surface area contributed by atoms with Crippen LogP contribution in [0, 0.1) is 5.92 Å². The SMILES string of the molecule is CCC(C)C(=O)CCCCC=O. The lowest BCUT2D eigenvalue weighted by Gasteiger charge is -2.05. The van der Waals surface area contributed by atoms with E-state index in [2.05, 4.69) is 0 Å². The average Bonchev–Trinajstić information content (AvgIpc) is 2.10. The van der Waals surface area contributed by atoms with Crippen LogP contribution in [-0.2, 0) is 9.59 Å². The quantitative estimate of drug-likeness (QED) is 0.434. The van der Waals surface area contributed by atoms with Gasteiger partial charge in [0.2, 0.25) is 0 Å². The maximum atomic E-state index is 11.2. The van der Waals surface area contributed by atoms with Crippen molar-refractivity contribution in [2.45, 2.75) is 46.0 Å². The van der Waals surface area contributed by atoms with Crippen LogP contribution < -0.4 is 0 Å². The van der Waals surface area contributed by atoms with Crippen molar-refractivity contribution < 1.29 is 9.59 Å². The highest BCUT2D eigenvalue weighted by atomic mass is 16.1. The van der Waals surface area contributed by atoms with Gasteiger partial charge in [-0.15, -0.1) is 0 Å². The summed E-state index contributed by atoms with van der Waals surface area (Å²) in [6.07, 6.45) is 4.78. The van der Waals surface area contributed by atoms with Gasteiger partial charge in [-0.3, -0.25) is 4.79 Å². The Labute approximate surface area is 74.3 Å². The van der Waals surface area contributed by atoms with Gasteiger partial charge in [-0.2, -0.15) is 0 Å². The molecule has 0 bridgehead atoms. The van der Waals surface area contributed by atoms with Crippen molar-refractivity contribution >= 4 is 12.1 Å². The van der Waals surface area contributed by atoms with Gasteiger partial charge in [0, 0.05) is 18.8 Å². The Balaban J connectivity index is 3.37. The van der Waals surface area contributed by atoms with Gasteiger partial charge in [0.05, 0.1) is 0 Å². The number of carbonyl (C=O) groups excluding carboxylic acids is 2. The molecular formula is C10H18O2. The lowest BCUT2D eigenvalue weighted by Crippen LogP contribution is -2.09. The summed E-state index contributed by atoms with van der Waals surface area (Å²) in [5.41, 5.74) is 0. The van der Waals surface area contributed by atoms with Gasteiger partial charge in [0.15, 0.2) is 0 Å². The van der Waals surface area contributed by atoms with E-state index in [1.54, 1.807) is 0 Å². The van der Waals surface area contributed by atoms with Crippen molar-refractivity contribution in [3.05, 3.63) is 0 Å². The third-order valence-electron chi connectivity index (χ3n) is 2.16. The molecule has 0 aromatic carbocycles. The van der Waals surface area contributed by atoms with Crippen LogP contribution in [0.15, 0.2) is 0 Å². The Morgan fingerprint density at radius 2 is 2.08 bits per heavy atom. The lowest BCUT2D eigenvalue weighted by molar-refractivity contribution is -0.122. The van der Waals surface area contributed by atoms with E-state index >= 15 is 0 Å². The van der Waals surface area contributed by atoms with Gasteiger partial charge in [0.1, 0.15) is 12.1 Å². The summed E-state index contributed by atoms with van der Waals surface area (Å²) in [5, 5.41) is 0. The van der Waals surface area contributed by atoms with E-state index in [1.807, 2.05) is 13.8 Å². The van der Waals surface area contributed by atoms with E-state index in [0.29, 0.717) is 18.6 Å². The van der Waals surface area contributed by atoms with Crippen molar-refractivity contribution in [3.8, 4) is 0 Å². The fourth-order valence-electron chi connectivity index (χ4n) is 1.00. The van der Waals surface area contributed by atoms with Crippen LogP contribution in [0.25, 0.3) is 0 Å². The highest BCUT2D eigenvalue weighted by Gasteiger charge is 2.08. The monoisotopic (exact) mass is 170 g/mol. The first kappa shape index (κ1) is 11.3. The highest BCUT2D eigenvalue weighted by molar-refractivity contribution is 5.80. The number of hydrogen-bond acceptors (Lipinski definition) is 2. The smallest absolute Gasteiger partial charge is 0.135 e. The van der Waals surface area contributed by atoms with Crippen LogP contribution in [0.3, 0.4) is 0 Å². The Kier molecular flexibility index (Phi) is 6.63. The first-order valence-electron chi connectivity index (χ1n) is 4.68. The molecule has 0 fully saturated rings. The number of Topliss-reactive ketones (excluding diaryl/α,β-unsaturated/α-hetero) is 1. The summed E-state index contributed by atoms with van der Waals surface area (Å²) >= 11 is 0. The van der Waals surface area contributed by atoms with E-state index in [9.17, 15) is 9.59 Å². The van der Waals surface area contributed by atoms with Gasteiger partial charge in [-0.25, -0.2) is 0 Å². The van der Waals surface area contributed by atoms with Crippen molar-refractivity contribution in [2.24, 2.45) is 5.92 Å². The van der Waals surface area contributed by atoms with Crippen molar-refractivity contribution in [3.63, 3.8) is 0 Å². The molecule has 0 saturated heterocycles. The second kappa shape index (κ2) is 7.01. The van der Waals surface area contributed by atoms with E-state index in [-0.39, 0.29) is 5.92 Å². The lowest BCUT2D eigenvalue weighted by atomic mass is 9.99. The minimum absolute atomic E-state index is 0.196. The number of carbonyl (C=O) groups is 2. The van der Waals surface area contributed by atoms with Crippen LogP contribution >= 0.6 is 0 Å². The van der Waals surface area contributed by atoms with Crippen molar-refractivity contribution in [1.29, 1.82) is 0 Å². The van der Waals surface area contributed by atoms with E-state index < -0.39 is 0 Å². The zero-order chi connectivity index (χ0) is 9.40. The second-order valence-electron chi connectivity index (χ2n) is 3.19. The molecule has 0 spiro atoms. The molecule has 0 rings (SSSR count). The number of rotatable bonds is 7. The molecular weight excluding hydrogens is 152 g/mol. The maximum absolute atomic E-state index is 11.2. The normalized spacial score (nSPS) is 12.5. The molecule has 0 aromatic rings. The summed E-state index contributed by atoms with van der Waals surface area (Å²) < 4.78 is 0. The fraction of sp³-hybridized carbons (Fsp3) is 0.800. The van der Waals surface area contributed by atoms with Crippen molar-refractivity contribution in [2.75, 3.05) is 0 Å². The number of hydrogen-bond donors (Lipinski definition) is 0. The zero-order valence-electron chi connectivity index (χ0n) is 8.01. The molecule has 1 unspecified atom stereocenters. The van der Waals surface area contributed by atoms with Gasteiger partial charge in [0.25, 0.3) is 0 Å². The molecule has 0 amide bonds. The summed E-state index contributed by atoms with van der Waals surface area (Å²) in [4.78, 5) is 21.2. The largest absolute Gasteiger partial charge is 0.303 e. The molecule has 0 aliphatic carbocycles. The Morgan fingerprint density at radius 1 is 1.42 bits per heavy atom. The minimum Gasteiger partial charge on any atom is -0.303 e. The number of unbranched alkanes of at least 4 members (excludes halogenated alkanes) is 2. The van der Waals surface area contributed by atoms with Crippen LogP contribution in [-0.4, -0.2) is 12.1 Å². The average molecular weight is 170 g/mol. The van der Waals surface area contributed by atoms with Gasteiger partial charge < -0.3 is 4.79 Å². The number of ketones is 1. The van der Waals surface area contributed by atoms with E-state index in [4.69, 9.17) is 0 Å². The third kappa shape index (κ3) is 5.05. The standard InChI is InChI=1S/C10H18O2/c1-3-9(2)10(12)7-5-4-6-8-11/h8-9H,3-7H2,1-2H3.